The molecule has 0 saturated carbocycles. The summed E-state index contributed by atoms with van der Waals surface area (Å²) in [5.41, 5.74) is 1.15. The smallest absolute Gasteiger partial charge is 0.193 e. The standard InChI is InChI=1S/C18H26N6O2/c1-4-17-22-21-13-24(17)8-7-20-18(19-2)23(3)12-14-5-6-15-16(11-14)26-10-9-25-15/h5-6,11,13H,4,7-10,12H2,1-3H3,(H,19,20). The van der Waals surface area contributed by atoms with Crippen LogP contribution in [0.25, 0.3) is 0 Å². The molecule has 1 aromatic carbocycles. The zero-order valence-electron chi connectivity index (χ0n) is 15.6. The minimum atomic E-state index is 0.596. The van der Waals surface area contributed by atoms with Crippen LogP contribution in [0.1, 0.15) is 18.3 Å². The molecule has 8 nitrogen and oxygen atoms in total. The molecule has 2 heterocycles. The monoisotopic (exact) mass is 358 g/mol. The Labute approximate surface area is 153 Å². The quantitative estimate of drug-likeness (QED) is 0.620. The van der Waals surface area contributed by atoms with Gasteiger partial charge < -0.3 is 24.3 Å². The number of fused-ring (bicyclic) bond motifs is 1. The maximum absolute atomic E-state index is 5.66. The van der Waals surface area contributed by atoms with E-state index in [0.717, 1.165) is 54.9 Å². The SMILES string of the molecule is CCc1nncn1CCNC(=NC)N(C)Cc1ccc2c(c1)OCCO2. The highest BCUT2D eigenvalue weighted by molar-refractivity contribution is 5.79. The Morgan fingerprint density at radius 3 is 2.88 bits per heavy atom. The first-order valence-electron chi connectivity index (χ1n) is 8.88. The first kappa shape index (κ1) is 18.0. The predicted octanol–water partition coefficient (Wildman–Crippen LogP) is 1.32. The van der Waals surface area contributed by atoms with Gasteiger partial charge in [0.1, 0.15) is 25.4 Å². The van der Waals surface area contributed by atoms with E-state index in [2.05, 4.69) is 43.0 Å². The van der Waals surface area contributed by atoms with Crippen LogP contribution in [0.4, 0.5) is 0 Å². The van der Waals surface area contributed by atoms with E-state index in [1.165, 1.54) is 0 Å². The summed E-state index contributed by atoms with van der Waals surface area (Å²) in [7, 11) is 3.81. The van der Waals surface area contributed by atoms with Crippen molar-refractivity contribution in [2.24, 2.45) is 4.99 Å². The van der Waals surface area contributed by atoms with E-state index in [4.69, 9.17) is 9.47 Å². The van der Waals surface area contributed by atoms with Crippen molar-refractivity contribution in [3.05, 3.63) is 35.9 Å². The molecule has 1 aliphatic heterocycles. The second-order valence-corrected chi connectivity index (χ2v) is 6.10. The molecule has 140 valence electrons. The van der Waals surface area contributed by atoms with Crippen LogP contribution in [0.15, 0.2) is 29.5 Å². The number of guanidine groups is 1. The van der Waals surface area contributed by atoms with Crippen molar-refractivity contribution >= 4 is 5.96 Å². The number of rotatable bonds is 6. The number of ether oxygens (including phenoxy) is 2. The highest BCUT2D eigenvalue weighted by Crippen LogP contribution is 2.30. The predicted molar refractivity (Wildman–Crippen MR) is 99.7 cm³/mol. The van der Waals surface area contributed by atoms with Gasteiger partial charge in [-0.1, -0.05) is 13.0 Å². The highest BCUT2D eigenvalue weighted by atomic mass is 16.6. The summed E-state index contributed by atoms with van der Waals surface area (Å²) in [5.74, 6) is 3.45. The Balaban J connectivity index is 1.54. The van der Waals surface area contributed by atoms with Gasteiger partial charge >= 0.3 is 0 Å². The fourth-order valence-corrected chi connectivity index (χ4v) is 2.95. The number of benzene rings is 1. The van der Waals surface area contributed by atoms with Crippen LogP contribution in [-0.4, -0.2) is 59.5 Å². The molecule has 8 heteroatoms. The Morgan fingerprint density at radius 1 is 1.31 bits per heavy atom. The number of nitrogens with zero attached hydrogens (tertiary/aromatic N) is 5. The maximum Gasteiger partial charge on any atom is 0.193 e. The largest absolute Gasteiger partial charge is 0.486 e. The molecule has 0 bridgehead atoms. The molecule has 0 saturated heterocycles. The molecule has 26 heavy (non-hydrogen) atoms. The maximum atomic E-state index is 5.66. The average molecular weight is 358 g/mol. The third-order valence-electron chi connectivity index (χ3n) is 4.25. The number of nitrogens with one attached hydrogen (secondary N) is 1. The molecule has 0 aliphatic carbocycles. The summed E-state index contributed by atoms with van der Waals surface area (Å²) < 4.78 is 13.3. The van der Waals surface area contributed by atoms with Gasteiger partial charge in [0.15, 0.2) is 17.5 Å². The van der Waals surface area contributed by atoms with Gasteiger partial charge in [-0.05, 0) is 17.7 Å². The minimum Gasteiger partial charge on any atom is -0.486 e. The van der Waals surface area contributed by atoms with E-state index in [1.807, 2.05) is 19.2 Å². The average Bonchev–Trinajstić information content (AvgIpc) is 3.12. The van der Waals surface area contributed by atoms with Crippen LogP contribution >= 0.6 is 0 Å². The van der Waals surface area contributed by atoms with Crippen LogP contribution < -0.4 is 14.8 Å². The lowest BCUT2D eigenvalue weighted by Gasteiger charge is -2.24. The lowest BCUT2D eigenvalue weighted by atomic mass is 10.2. The summed E-state index contributed by atoms with van der Waals surface area (Å²) in [5, 5.41) is 11.4. The molecule has 2 aromatic rings. The van der Waals surface area contributed by atoms with Crippen molar-refractivity contribution in [3.63, 3.8) is 0 Å². The molecule has 3 rings (SSSR count). The summed E-state index contributed by atoms with van der Waals surface area (Å²) in [4.78, 5) is 6.45. The molecule has 0 fully saturated rings. The number of hydrogen-bond acceptors (Lipinski definition) is 5. The molecule has 0 radical (unpaired) electrons. The van der Waals surface area contributed by atoms with Crippen molar-refractivity contribution < 1.29 is 9.47 Å². The van der Waals surface area contributed by atoms with Gasteiger partial charge in [-0.3, -0.25) is 4.99 Å². The van der Waals surface area contributed by atoms with E-state index in [0.29, 0.717) is 13.2 Å². The second-order valence-electron chi connectivity index (χ2n) is 6.10. The van der Waals surface area contributed by atoms with E-state index in [1.54, 1.807) is 13.4 Å². The lowest BCUT2D eigenvalue weighted by Crippen LogP contribution is -2.39. The van der Waals surface area contributed by atoms with Gasteiger partial charge in [0, 0.05) is 40.2 Å². The van der Waals surface area contributed by atoms with Gasteiger partial charge in [0.05, 0.1) is 0 Å². The fourth-order valence-electron chi connectivity index (χ4n) is 2.95. The van der Waals surface area contributed by atoms with E-state index >= 15 is 0 Å². The summed E-state index contributed by atoms with van der Waals surface area (Å²) in [6.45, 7) is 5.56. The van der Waals surface area contributed by atoms with Crippen LogP contribution in [0, 0.1) is 0 Å². The molecule has 1 aromatic heterocycles. The minimum absolute atomic E-state index is 0.596. The second kappa shape index (κ2) is 8.55. The van der Waals surface area contributed by atoms with Crippen molar-refractivity contribution in [1.82, 2.24) is 25.0 Å². The number of aryl methyl sites for hydroxylation is 1. The molecule has 0 unspecified atom stereocenters. The van der Waals surface area contributed by atoms with Gasteiger partial charge in [-0.15, -0.1) is 10.2 Å². The van der Waals surface area contributed by atoms with Crippen LogP contribution in [0.2, 0.25) is 0 Å². The molecule has 0 spiro atoms. The fraction of sp³-hybridized carbons (Fsp3) is 0.500. The molecule has 1 N–H and O–H groups in total. The van der Waals surface area contributed by atoms with Gasteiger partial charge in [0.25, 0.3) is 0 Å². The van der Waals surface area contributed by atoms with Crippen molar-refractivity contribution in [1.29, 1.82) is 0 Å². The van der Waals surface area contributed by atoms with Crippen LogP contribution in [-0.2, 0) is 19.5 Å². The Kier molecular flexibility index (Phi) is 5.93. The van der Waals surface area contributed by atoms with Crippen LogP contribution in [0.3, 0.4) is 0 Å². The van der Waals surface area contributed by atoms with Gasteiger partial charge in [-0.2, -0.15) is 0 Å². The number of aliphatic imine (C=N–C) groups is 1. The van der Waals surface area contributed by atoms with Crippen molar-refractivity contribution in [2.45, 2.75) is 26.4 Å². The molecule has 0 amide bonds. The zero-order chi connectivity index (χ0) is 18.4. The van der Waals surface area contributed by atoms with Gasteiger partial charge in [-0.25, -0.2) is 0 Å². The number of hydrogen-bond donors (Lipinski definition) is 1. The Bertz CT molecular complexity index is 758. The van der Waals surface area contributed by atoms with Crippen molar-refractivity contribution in [2.75, 3.05) is 33.9 Å². The molecule has 0 atom stereocenters. The first-order chi connectivity index (χ1) is 12.7. The Morgan fingerprint density at radius 2 is 2.12 bits per heavy atom. The van der Waals surface area contributed by atoms with Crippen molar-refractivity contribution in [3.8, 4) is 11.5 Å². The summed E-state index contributed by atoms with van der Waals surface area (Å²) in [6, 6.07) is 6.05. The van der Waals surface area contributed by atoms with E-state index < -0.39 is 0 Å². The molecule has 1 aliphatic rings. The highest BCUT2D eigenvalue weighted by Gasteiger charge is 2.13. The summed E-state index contributed by atoms with van der Waals surface area (Å²) >= 11 is 0. The van der Waals surface area contributed by atoms with Gasteiger partial charge in [0.2, 0.25) is 0 Å². The summed E-state index contributed by atoms with van der Waals surface area (Å²) in [6.07, 6.45) is 2.64. The first-order valence-corrected chi connectivity index (χ1v) is 8.88. The van der Waals surface area contributed by atoms with E-state index in [-0.39, 0.29) is 0 Å². The third-order valence-corrected chi connectivity index (χ3v) is 4.25. The lowest BCUT2D eigenvalue weighted by molar-refractivity contribution is 0.171. The zero-order valence-corrected chi connectivity index (χ0v) is 15.6. The molecular formula is C18H26N6O2. The topological polar surface area (TPSA) is 76.8 Å². The Hall–Kier alpha value is -2.77. The normalized spacial score (nSPS) is 13.6. The molecular weight excluding hydrogens is 332 g/mol. The number of aromatic nitrogens is 3. The van der Waals surface area contributed by atoms with Crippen LogP contribution in [0.5, 0.6) is 11.5 Å². The third kappa shape index (κ3) is 4.25. The van der Waals surface area contributed by atoms with E-state index in [9.17, 15) is 0 Å².